The molecule has 0 radical (unpaired) electrons. The minimum Gasteiger partial charge on any atom is -0.462 e. The molecule has 6 nitrogen and oxygen atoms in total. The molecule has 0 fully saturated rings. The van der Waals surface area contributed by atoms with E-state index in [4.69, 9.17) is 14.2 Å². The van der Waals surface area contributed by atoms with Crippen LogP contribution in [0.2, 0.25) is 0 Å². The second-order valence-corrected chi connectivity index (χ2v) is 17.4. The summed E-state index contributed by atoms with van der Waals surface area (Å²) in [5.74, 6) is -0.921. The minimum absolute atomic E-state index is 0.0871. The summed E-state index contributed by atoms with van der Waals surface area (Å²) in [7, 11) is 0. The zero-order valence-electron chi connectivity index (χ0n) is 40.9. The van der Waals surface area contributed by atoms with Crippen LogP contribution in [0.3, 0.4) is 0 Å². The van der Waals surface area contributed by atoms with Crippen molar-refractivity contribution in [2.45, 2.75) is 264 Å². The summed E-state index contributed by atoms with van der Waals surface area (Å²) < 4.78 is 16.7. The quantitative estimate of drug-likeness (QED) is 0.0262. The largest absolute Gasteiger partial charge is 0.462 e. The van der Waals surface area contributed by atoms with E-state index >= 15 is 0 Å². The first-order valence-corrected chi connectivity index (χ1v) is 26.3. The van der Waals surface area contributed by atoms with Gasteiger partial charge in [0, 0.05) is 19.3 Å². The van der Waals surface area contributed by atoms with Crippen LogP contribution >= 0.6 is 0 Å². The number of allylic oxidation sites excluding steroid dienone is 10. The van der Waals surface area contributed by atoms with Crippen molar-refractivity contribution >= 4 is 17.9 Å². The first kappa shape index (κ1) is 59.1. The van der Waals surface area contributed by atoms with Crippen molar-refractivity contribution in [2.24, 2.45) is 0 Å². The fourth-order valence-electron chi connectivity index (χ4n) is 7.31. The lowest BCUT2D eigenvalue weighted by molar-refractivity contribution is -0.167. The van der Waals surface area contributed by atoms with E-state index in [1.165, 1.54) is 128 Å². The number of carbonyl (C=O) groups excluding carboxylic acids is 3. The molecule has 0 spiro atoms. The fourth-order valence-corrected chi connectivity index (χ4v) is 7.31. The van der Waals surface area contributed by atoms with E-state index < -0.39 is 6.10 Å². The van der Waals surface area contributed by atoms with Gasteiger partial charge in [-0.3, -0.25) is 14.4 Å². The Kier molecular flexibility index (Phi) is 48.4. The number of hydrogen-bond donors (Lipinski definition) is 0. The van der Waals surface area contributed by atoms with Gasteiger partial charge in [0.15, 0.2) is 6.10 Å². The van der Waals surface area contributed by atoms with Gasteiger partial charge in [0.05, 0.1) is 0 Å². The van der Waals surface area contributed by atoms with Crippen LogP contribution in [0.5, 0.6) is 0 Å². The Morgan fingerprint density at radius 3 is 1.02 bits per heavy atom. The van der Waals surface area contributed by atoms with Gasteiger partial charge in [0.25, 0.3) is 0 Å². The summed E-state index contributed by atoms with van der Waals surface area (Å²) >= 11 is 0. The number of hydrogen-bond acceptors (Lipinski definition) is 6. The normalized spacial score (nSPS) is 12.5. The Bertz CT molecular complexity index is 1130. The molecule has 0 saturated carbocycles. The molecule has 0 N–H and O–H groups in total. The van der Waals surface area contributed by atoms with Gasteiger partial charge in [-0.15, -0.1) is 0 Å². The SMILES string of the molecule is CC/C=C\C/C=C\C/C=C\C/C=C\CCCCCC(=O)OC(COC(=O)CCCCCCCCC/C=C\CCCCCCCCCC)COC(=O)CCCCCCCCCCC. The van der Waals surface area contributed by atoms with Crippen molar-refractivity contribution in [3.8, 4) is 0 Å². The highest BCUT2D eigenvalue weighted by Crippen LogP contribution is 2.14. The van der Waals surface area contributed by atoms with Crippen LogP contribution < -0.4 is 0 Å². The Labute approximate surface area is 383 Å². The highest BCUT2D eigenvalue weighted by atomic mass is 16.6. The van der Waals surface area contributed by atoms with Gasteiger partial charge in [-0.1, -0.05) is 216 Å². The summed E-state index contributed by atoms with van der Waals surface area (Å²) in [6, 6.07) is 0. The van der Waals surface area contributed by atoms with E-state index in [-0.39, 0.29) is 31.1 Å². The van der Waals surface area contributed by atoms with Crippen LogP contribution in [0.4, 0.5) is 0 Å². The van der Waals surface area contributed by atoms with Gasteiger partial charge in [-0.2, -0.15) is 0 Å². The van der Waals surface area contributed by atoms with Crippen LogP contribution in [0.1, 0.15) is 258 Å². The molecule has 0 aromatic heterocycles. The Balaban J connectivity index is 4.35. The first-order valence-electron chi connectivity index (χ1n) is 26.3. The average molecular weight is 867 g/mol. The third kappa shape index (κ3) is 48.1. The zero-order valence-corrected chi connectivity index (χ0v) is 40.9. The summed E-state index contributed by atoms with van der Waals surface area (Å²) in [6.07, 6.45) is 62.1. The lowest BCUT2D eigenvalue weighted by atomic mass is 10.1. The second-order valence-electron chi connectivity index (χ2n) is 17.4. The van der Waals surface area contributed by atoms with Crippen molar-refractivity contribution in [1.29, 1.82) is 0 Å². The van der Waals surface area contributed by atoms with E-state index in [9.17, 15) is 14.4 Å². The van der Waals surface area contributed by atoms with E-state index in [0.29, 0.717) is 19.3 Å². The monoisotopic (exact) mass is 867 g/mol. The molecule has 0 aliphatic heterocycles. The molecular weight excluding hydrogens is 769 g/mol. The number of ether oxygens (including phenoxy) is 3. The molecule has 6 heteroatoms. The van der Waals surface area contributed by atoms with Gasteiger partial charge in [-0.05, 0) is 83.5 Å². The lowest BCUT2D eigenvalue weighted by Crippen LogP contribution is -2.30. The number of unbranched alkanes of at least 4 members (excludes halogenated alkanes) is 26. The molecule has 1 atom stereocenters. The molecule has 0 bridgehead atoms. The van der Waals surface area contributed by atoms with Gasteiger partial charge in [-0.25, -0.2) is 0 Å². The maximum absolute atomic E-state index is 12.8. The van der Waals surface area contributed by atoms with E-state index in [2.05, 4.69) is 81.5 Å². The maximum Gasteiger partial charge on any atom is 0.306 e. The summed E-state index contributed by atoms with van der Waals surface area (Å²) in [5.41, 5.74) is 0. The molecule has 0 amide bonds. The van der Waals surface area contributed by atoms with E-state index in [1.807, 2.05) is 0 Å². The first-order chi connectivity index (χ1) is 30.5. The lowest BCUT2D eigenvalue weighted by Gasteiger charge is -2.18. The Hall–Kier alpha value is -2.89. The average Bonchev–Trinajstić information content (AvgIpc) is 3.27. The molecular formula is C56H98O6. The molecule has 0 saturated heterocycles. The van der Waals surface area contributed by atoms with Crippen LogP contribution in [0, 0.1) is 0 Å². The Morgan fingerprint density at radius 2 is 0.629 bits per heavy atom. The van der Waals surface area contributed by atoms with Gasteiger partial charge in [0.1, 0.15) is 13.2 Å². The van der Waals surface area contributed by atoms with Crippen LogP contribution in [-0.4, -0.2) is 37.2 Å². The molecule has 0 aliphatic rings. The molecule has 0 aliphatic carbocycles. The van der Waals surface area contributed by atoms with Crippen molar-refractivity contribution in [3.63, 3.8) is 0 Å². The maximum atomic E-state index is 12.8. The van der Waals surface area contributed by atoms with E-state index in [1.54, 1.807) is 0 Å². The topological polar surface area (TPSA) is 78.9 Å². The molecule has 0 rings (SSSR count). The van der Waals surface area contributed by atoms with Crippen molar-refractivity contribution in [2.75, 3.05) is 13.2 Å². The smallest absolute Gasteiger partial charge is 0.306 e. The van der Waals surface area contributed by atoms with E-state index in [0.717, 1.165) is 89.9 Å². The minimum atomic E-state index is -0.789. The molecule has 1 unspecified atom stereocenters. The summed E-state index contributed by atoms with van der Waals surface area (Å²) in [5, 5.41) is 0. The number of carbonyl (C=O) groups is 3. The summed E-state index contributed by atoms with van der Waals surface area (Å²) in [6.45, 7) is 6.48. The predicted octanol–water partition coefficient (Wildman–Crippen LogP) is 17.3. The predicted molar refractivity (Wildman–Crippen MR) is 265 cm³/mol. The van der Waals surface area contributed by atoms with Gasteiger partial charge in [0.2, 0.25) is 0 Å². The standard InChI is InChI=1S/C56H98O6/c1-4-7-10-13-16-19-21-23-25-27-28-29-31-32-34-37-40-43-46-49-55(58)61-52-53(51-60-54(57)48-45-42-39-36-18-15-12-9-6-3)62-56(59)50-47-44-41-38-35-33-30-26-24-22-20-17-14-11-8-5-2/h8,11,17,20,24,26-28,33,35,53H,4-7,9-10,12-16,18-19,21-23,25,29-32,34,36-52H2,1-3H3/b11-8-,20-17-,26-24-,28-27-,35-33-. The third-order valence-corrected chi connectivity index (χ3v) is 11.3. The highest BCUT2D eigenvalue weighted by Gasteiger charge is 2.19. The molecule has 62 heavy (non-hydrogen) atoms. The zero-order chi connectivity index (χ0) is 45.1. The number of rotatable bonds is 47. The third-order valence-electron chi connectivity index (χ3n) is 11.3. The molecule has 0 heterocycles. The highest BCUT2D eigenvalue weighted by molar-refractivity contribution is 5.71. The van der Waals surface area contributed by atoms with Gasteiger partial charge < -0.3 is 14.2 Å². The van der Waals surface area contributed by atoms with Crippen LogP contribution in [0.25, 0.3) is 0 Å². The van der Waals surface area contributed by atoms with Crippen LogP contribution in [-0.2, 0) is 28.6 Å². The Morgan fingerprint density at radius 1 is 0.339 bits per heavy atom. The molecule has 0 aromatic carbocycles. The van der Waals surface area contributed by atoms with Crippen molar-refractivity contribution < 1.29 is 28.6 Å². The van der Waals surface area contributed by atoms with Crippen LogP contribution in [0.15, 0.2) is 60.8 Å². The molecule has 358 valence electrons. The van der Waals surface area contributed by atoms with Gasteiger partial charge >= 0.3 is 17.9 Å². The summed E-state index contributed by atoms with van der Waals surface area (Å²) in [4.78, 5) is 37.9. The van der Waals surface area contributed by atoms with Crippen molar-refractivity contribution in [3.05, 3.63) is 60.8 Å². The second kappa shape index (κ2) is 50.8. The molecule has 0 aromatic rings. The fraction of sp³-hybridized carbons (Fsp3) is 0.768. The van der Waals surface area contributed by atoms with Crippen molar-refractivity contribution in [1.82, 2.24) is 0 Å². The number of esters is 3.